The molecule has 162 valence electrons. The van der Waals surface area contributed by atoms with Crippen molar-refractivity contribution >= 4 is 16.7 Å². The van der Waals surface area contributed by atoms with E-state index in [2.05, 4.69) is 63.3 Å². The minimum atomic E-state index is 0.545. The number of nitriles is 1. The molecule has 0 radical (unpaired) electrons. The summed E-state index contributed by atoms with van der Waals surface area (Å²) < 4.78 is 8.38. The number of hydrogen-bond donors (Lipinski definition) is 1. The lowest BCUT2D eigenvalue weighted by atomic mass is 10.1. The van der Waals surface area contributed by atoms with E-state index < -0.39 is 0 Å². The number of rotatable bonds is 10. The molecule has 2 heterocycles. The first-order valence-corrected chi connectivity index (χ1v) is 11.1. The number of benzene rings is 2. The molecule has 0 aliphatic rings. The molecule has 0 aliphatic heterocycles. The lowest BCUT2D eigenvalue weighted by Gasteiger charge is -2.10. The average Bonchev–Trinajstić information content (AvgIpc) is 3.19. The second-order valence-electron chi connectivity index (χ2n) is 7.60. The van der Waals surface area contributed by atoms with Gasteiger partial charge in [0.2, 0.25) is 5.88 Å². The van der Waals surface area contributed by atoms with Crippen LogP contribution in [0.3, 0.4) is 0 Å². The predicted octanol–water partition coefficient (Wildman–Crippen LogP) is 6.41. The van der Waals surface area contributed by atoms with Gasteiger partial charge in [-0.2, -0.15) is 10.2 Å². The Morgan fingerprint density at radius 1 is 0.969 bits per heavy atom. The van der Waals surface area contributed by atoms with E-state index in [0.717, 1.165) is 60.4 Å². The third-order valence-corrected chi connectivity index (χ3v) is 5.35. The summed E-state index contributed by atoms with van der Waals surface area (Å²) in [4.78, 5) is 8.97. The van der Waals surface area contributed by atoms with Crippen molar-refractivity contribution in [3.8, 4) is 28.8 Å². The fourth-order valence-electron chi connectivity index (χ4n) is 3.79. The van der Waals surface area contributed by atoms with Crippen LogP contribution in [-0.4, -0.2) is 21.1 Å². The maximum absolute atomic E-state index is 8.75. The highest BCUT2D eigenvalue weighted by Crippen LogP contribution is 2.33. The highest BCUT2D eigenvalue weighted by molar-refractivity contribution is 5.92. The van der Waals surface area contributed by atoms with Crippen LogP contribution in [0.15, 0.2) is 67.1 Å². The van der Waals surface area contributed by atoms with Crippen LogP contribution in [0.1, 0.15) is 32.6 Å². The van der Waals surface area contributed by atoms with Crippen molar-refractivity contribution in [2.24, 2.45) is 0 Å². The Labute approximate surface area is 188 Å². The van der Waals surface area contributed by atoms with Crippen LogP contribution in [-0.2, 0) is 6.54 Å². The zero-order chi connectivity index (χ0) is 22.2. The monoisotopic (exact) mass is 425 g/mol. The predicted molar refractivity (Wildman–Crippen MR) is 128 cm³/mol. The van der Waals surface area contributed by atoms with E-state index in [1.54, 1.807) is 6.33 Å². The van der Waals surface area contributed by atoms with Gasteiger partial charge in [-0.1, -0.05) is 48.9 Å². The Morgan fingerprint density at radius 3 is 2.50 bits per heavy atom. The van der Waals surface area contributed by atoms with Gasteiger partial charge in [-0.15, -0.1) is 0 Å². The van der Waals surface area contributed by atoms with Crippen molar-refractivity contribution in [2.45, 2.75) is 39.2 Å². The number of aryl methyl sites for hydroxylation is 1. The van der Waals surface area contributed by atoms with E-state index in [9.17, 15) is 0 Å². The number of hydrogen-bond acceptors (Lipinski definition) is 5. The van der Waals surface area contributed by atoms with Gasteiger partial charge in [0, 0.05) is 25.7 Å². The molecule has 32 heavy (non-hydrogen) atoms. The molecule has 0 atom stereocenters. The number of nitrogens with zero attached hydrogens (tertiary/aromatic N) is 4. The normalized spacial score (nSPS) is 10.8. The second-order valence-corrected chi connectivity index (χ2v) is 7.60. The van der Waals surface area contributed by atoms with Gasteiger partial charge in [-0.05, 0) is 43.0 Å². The van der Waals surface area contributed by atoms with Gasteiger partial charge < -0.3 is 14.6 Å². The first-order chi connectivity index (χ1) is 15.8. The van der Waals surface area contributed by atoms with Crippen molar-refractivity contribution < 1.29 is 4.74 Å². The van der Waals surface area contributed by atoms with Gasteiger partial charge in [-0.25, -0.2) is 4.98 Å². The molecule has 6 heteroatoms. The lowest BCUT2D eigenvalue weighted by molar-refractivity contribution is 0.463. The molecule has 2 aromatic carbocycles. The van der Waals surface area contributed by atoms with Crippen LogP contribution in [0, 0.1) is 11.3 Å². The fraction of sp³-hybridized carbons (Fsp3) is 0.269. The molecule has 2 aromatic heterocycles. The molecule has 0 spiro atoms. The quantitative estimate of drug-likeness (QED) is 0.297. The third kappa shape index (κ3) is 4.89. The molecule has 0 saturated heterocycles. The van der Waals surface area contributed by atoms with Gasteiger partial charge in [-0.3, -0.25) is 0 Å². The number of unbranched alkanes of at least 4 members (excludes halogenated alkanes) is 3. The summed E-state index contributed by atoms with van der Waals surface area (Å²) >= 11 is 0. The Bertz CT molecular complexity index is 1190. The van der Waals surface area contributed by atoms with Crippen molar-refractivity contribution in [3.05, 3.63) is 67.1 Å². The van der Waals surface area contributed by atoms with Crippen LogP contribution in [0.4, 0.5) is 5.69 Å². The molecule has 0 aliphatic carbocycles. The molecular formula is C26H27N5O. The van der Waals surface area contributed by atoms with E-state index in [1.165, 1.54) is 5.56 Å². The van der Waals surface area contributed by atoms with Crippen LogP contribution in [0.2, 0.25) is 0 Å². The highest BCUT2D eigenvalue weighted by atomic mass is 16.5. The molecule has 0 bridgehead atoms. The smallest absolute Gasteiger partial charge is 0.247 e. The SMILES string of the molecule is CCNc1cn(CCCCCC#N)c2c(Oc3ccc(-c4ccccc4)cc3)ncnc12. The number of ether oxygens (including phenoxy) is 1. The van der Waals surface area contributed by atoms with E-state index in [0.29, 0.717) is 12.3 Å². The van der Waals surface area contributed by atoms with E-state index in [4.69, 9.17) is 10.00 Å². The van der Waals surface area contributed by atoms with Crippen LogP contribution >= 0.6 is 0 Å². The van der Waals surface area contributed by atoms with Gasteiger partial charge in [0.1, 0.15) is 23.1 Å². The maximum Gasteiger partial charge on any atom is 0.247 e. The molecule has 0 amide bonds. The van der Waals surface area contributed by atoms with Crippen molar-refractivity contribution in [1.29, 1.82) is 5.26 Å². The lowest BCUT2D eigenvalue weighted by Crippen LogP contribution is -2.00. The third-order valence-electron chi connectivity index (χ3n) is 5.35. The van der Waals surface area contributed by atoms with Crippen LogP contribution in [0.5, 0.6) is 11.6 Å². The minimum Gasteiger partial charge on any atom is -0.437 e. The first-order valence-electron chi connectivity index (χ1n) is 11.1. The van der Waals surface area contributed by atoms with Crippen molar-refractivity contribution in [2.75, 3.05) is 11.9 Å². The topological polar surface area (TPSA) is 75.8 Å². The fourth-order valence-corrected chi connectivity index (χ4v) is 3.79. The largest absolute Gasteiger partial charge is 0.437 e. The summed E-state index contributed by atoms with van der Waals surface area (Å²) in [6.07, 6.45) is 7.15. The zero-order valence-electron chi connectivity index (χ0n) is 18.3. The number of anilines is 1. The van der Waals surface area contributed by atoms with Crippen molar-refractivity contribution in [1.82, 2.24) is 14.5 Å². The molecule has 1 N–H and O–H groups in total. The Balaban J connectivity index is 1.59. The van der Waals surface area contributed by atoms with Crippen LogP contribution in [0.25, 0.3) is 22.2 Å². The summed E-state index contributed by atoms with van der Waals surface area (Å²) in [6.45, 7) is 3.70. The number of nitrogens with one attached hydrogen (secondary N) is 1. The molecule has 4 rings (SSSR count). The molecule has 0 saturated carbocycles. The average molecular weight is 426 g/mol. The van der Waals surface area contributed by atoms with Crippen LogP contribution < -0.4 is 10.1 Å². The van der Waals surface area contributed by atoms with Gasteiger partial charge in [0.25, 0.3) is 0 Å². The number of fused-ring (bicyclic) bond motifs is 1. The molecular weight excluding hydrogens is 398 g/mol. The highest BCUT2D eigenvalue weighted by Gasteiger charge is 2.16. The zero-order valence-corrected chi connectivity index (χ0v) is 18.3. The van der Waals surface area contributed by atoms with Gasteiger partial charge >= 0.3 is 0 Å². The standard InChI is InChI=1S/C26H27N5O/c1-2-28-23-18-31(17-9-4-3-8-16-27)25-24(23)29-19-30-26(25)32-22-14-12-21(13-15-22)20-10-6-5-7-11-20/h5-7,10-15,18-19,28H,2-4,8-9,17H2,1H3. The molecule has 0 unspecified atom stereocenters. The Kier molecular flexibility index (Phi) is 6.98. The number of aromatic nitrogens is 3. The Hall–Kier alpha value is -3.85. The molecule has 0 fully saturated rings. The van der Waals surface area contributed by atoms with E-state index >= 15 is 0 Å². The minimum absolute atomic E-state index is 0.545. The molecule has 4 aromatic rings. The first kappa shape index (κ1) is 21.4. The summed E-state index contributed by atoms with van der Waals surface area (Å²) in [6, 6.07) is 20.5. The van der Waals surface area contributed by atoms with Crippen molar-refractivity contribution in [3.63, 3.8) is 0 Å². The summed E-state index contributed by atoms with van der Waals surface area (Å²) in [5, 5.41) is 12.1. The maximum atomic E-state index is 8.75. The van der Waals surface area contributed by atoms with E-state index in [1.807, 2.05) is 30.3 Å². The van der Waals surface area contributed by atoms with Gasteiger partial charge in [0.05, 0.1) is 11.8 Å². The summed E-state index contributed by atoms with van der Waals surface area (Å²) in [5.74, 6) is 1.28. The second kappa shape index (κ2) is 10.5. The molecule has 6 nitrogen and oxygen atoms in total. The summed E-state index contributed by atoms with van der Waals surface area (Å²) in [7, 11) is 0. The summed E-state index contributed by atoms with van der Waals surface area (Å²) in [5.41, 5.74) is 5.03. The van der Waals surface area contributed by atoms with E-state index in [-0.39, 0.29) is 0 Å². The Morgan fingerprint density at radius 2 is 1.75 bits per heavy atom. The van der Waals surface area contributed by atoms with Gasteiger partial charge in [0.15, 0.2) is 0 Å².